The molecule has 26 heavy (non-hydrogen) atoms. The summed E-state index contributed by atoms with van der Waals surface area (Å²) in [6.07, 6.45) is 2.37. The highest BCUT2D eigenvalue weighted by molar-refractivity contribution is 7.07. The molecule has 3 rings (SSSR count). The summed E-state index contributed by atoms with van der Waals surface area (Å²) in [5.41, 5.74) is 3.37. The minimum absolute atomic E-state index is 0.119. The van der Waals surface area contributed by atoms with E-state index in [2.05, 4.69) is 20.8 Å². The lowest BCUT2D eigenvalue weighted by Crippen LogP contribution is -2.37. The van der Waals surface area contributed by atoms with E-state index in [1.807, 2.05) is 30.5 Å². The monoisotopic (exact) mass is 368 g/mol. The molecule has 1 atom stereocenters. The van der Waals surface area contributed by atoms with Gasteiger partial charge in [0.2, 0.25) is 5.91 Å². The summed E-state index contributed by atoms with van der Waals surface area (Å²) in [4.78, 5) is 28.9. The molecule has 0 saturated heterocycles. The van der Waals surface area contributed by atoms with Crippen molar-refractivity contribution in [3.63, 3.8) is 0 Å². The Balaban J connectivity index is 1.81. The maximum atomic E-state index is 12.6. The maximum Gasteiger partial charge on any atom is 0.267 e. The maximum absolute atomic E-state index is 12.6. The molecule has 7 heteroatoms. The van der Waals surface area contributed by atoms with Crippen LogP contribution in [0.1, 0.15) is 28.6 Å². The number of rotatable bonds is 6. The first-order chi connectivity index (χ1) is 12.5. The van der Waals surface area contributed by atoms with Crippen LogP contribution in [0, 0.1) is 13.8 Å². The van der Waals surface area contributed by atoms with Gasteiger partial charge in [0, 0.05) is 12.3 Å². The van der Waals surface area contributed by atoms with Gasteiger partial charge in [-0.2, -0.15) is 16.4 Å². The van der Waals surface area contributed by atoms with Crippen LogP contribution in [0.5, 0.6) is 0 Å². The molecule has 0 unspecified atom stereocenters. The number of aryl methyl sites for hydroxylation is 2. The summed E-state index contributed by atoms with van der Waals surface area (Å²) < 4.78 is 1.18. The number of thiophene rings is 1. The average molecular weight is 368 g/mol. The lowest BCUT2D eigenvalue weighted by Gasteiger charge is -2.20. The molecule has 1 amide bonds. The lowest BCUT2D eigenvalue weighted by atomic mass is 10.0. The number of pyridine rings is 1. The zero-order valence-electron chi connectivity index (χ0n) is 14.7. The molecular formula is C19H20N4O2S. The van der Waals surface area contributed by atoms with Crippen LogP contribution in [0.25, 0.3) is 0 Å². The van der Waals surface area contributed by atoms with Crippen LogP contribution in [-0.2, 0) is 17.8 Å². The van der Waals surface area contributed by atoms with Gasteiger partial charge in [0.05, 0.1) is 17.4 Å². The second kappa shape index (κ2) is 8.05. The fourth-order valence-corrected chi connectivity index (χ4v) is 3.44. The molecule has 6 nitrogen and oxygen atoms in total. The van der Waals surface area contributed by atoms with Crippen molar-refractivity contribution in [2.24, 2.45) is 0 Å². The molecule has 0 aliphatic rings. The van der Waals surface area contributed by atoms with Gasteiger partial charge in [-0.1, -0.05) is 6.07 Å². The van der Waals surface area contributed by atoms with Gasteiger partial charge in [0.25, 0.3) is 5.56 Å². The normalized spacial score (nSPS) is 11.9. The topological polar surface area (TPSA) is 76.9 Å². The number of nitrogens with zero attached hydrogens (tertiary/aromatic N) is 3. The standard InChI is InChI=1S/C19H20N4O2S/c1-13-4-3-8-20-19(13)16(10-15-7-9-26-12-15)21-17(24)11-23-18(25)6-5-14(2)22-23/h3-9,12,16H,10-11H2,1-2H3,(H,21,24)/t16-/m0/s1. The van der Waals surface area contributed by atoms with E-state index < -0.39 is 0 Å². The highest BCUT2D eigenvalue weighted by Gasteiger charge is 2.19. The van der Waals surface area contributed by atoms with Crippen LogP contribution in [0.2, 0.25) is 0 Å². The fourth-order valence-electron chi connectivity index (χ4n) is 2.76. The number of nitrogens with one attached hydrogen (secondary N) is 1. The van der Waals surface area contributed by atoms with E-state index in [0.717, 1.165) is 16.8 Å². The molecule has 0 bridgehead atoms. The fraction of sp³-hybridized carbons (Fsp3) is 0.263. The summed E-state index contributed by atoms with van der Waals surface area (Å²) in [5.74, 6) is -0.268. The van der Waals surface area contributed by atoms with E-state index in [1.165, 1.54) is 10.7 Å². The Bertz CT molecular complexity index is 950. The van der Waals surface area contributed by atoms with Crippen LogP contribution in [0.15, 0.2) is 52.1 Å². The Labute approximate surface area is 155 Å². The third-order valence-electron chi connectivity index (χ3n) is 4.03. The Morgan fingerprint density at radius 2 is 2.12 bits per heavy atom. The van der Waals surface area contributed by atoms with Gasteiger partial charge in [-0.25, -0.2) is 4.68 Å². The van der Waals surface area contributed by atoms with Gasteiger partial charge in [0.15, 0.2) is 0 Å². The molecule has 0 aliphatic heterocycles. The molecule has 3 heterocycles. The Morgan fingerprint density at radius 1 is 1.27 bits per heavy atom. The summed E-state index contributed by atoms with van der Waals surface area (Å²) >= 11 is 1.62. The Kier molecular flexibility index (Phi) is 5.58. The van der Waals surface area contributed by atoms with Gasteiger partial charge in [0.1, 0.15) is 6.54 Å². The minimum atomic E-state index is -0.297. The number of aromatic nitrogens is 3. The van der Waals surface area contributed by atoms with Gasteiger partial charge >= 0.3 is 0 Å². The zero-order valence-corrected chi connectivity index (χ0v) is 15.5. The molecule has 0 aromatic carbocycles. The van der Waals surface area contributed by atoms with Gasteiger partial charge < -0.3 is 5.32 Å². The van der Waals surface area contributed by atoms with Crippen molar-refractivity contribution in [2.75, 3.05) is 0 Å². The third-order valence-corrected chi connectivity index (χ3v) is 4.76. The van der Waals surface area contributed by atoms with Crippen molar-refractivity contribution in [2.45, 2.75) is 32.9 Å². The van der Waals surface area contributed by atoms with Crippen LogP contribution in [-0.4, -0.2) is 20.7 Å². The van der Waals surface area contributed by atoms with E-state index in [-0.39, 0.29) is 24.1 Å². The SMILES string of the molecule is Cc1ccc(=O)n(CC(=O)N[C@@H](Cc2ccsc2)c2ncccc2C)n1. The van der Waals surface area contributed by atoms with E-state index in [4.69, 9.17) is 0 Å². The minimum Gasteiger partial charge on any atom is -0.346 e. The third kappa shape index (κ3) is 4.43. The van der Waals surface area contributed by atoms with Crippen molar-refractivity contribution in [3.05, 3.63) is 80.2 Å². The van der Waals surface area contributed by atoms with Crippen LogP contribution >= 0.6 is 11.3 Å². The predicted octanol–water partition coefficient (Wildman–Crippen LogP) is 2.42. The first kappa shape index (κ1) is 18.0. The van der Waals surface area contributed by atoms with Gasteiger partial charge in [-0.3, -0.25) is 14.6 Å². The molecule has 134 valence electrons. The molecule has 3 aromatic heterocycles. The van der Waals surface area contributed by atoms with E-state index >= 15 is 0 Å². The number of amides is 1. The predicted molar refractivity (Wildman–Crippen MR) is 101 cm³/mol. The molecular weight excluding hydrogens is 348 g/mol. The van der Waals surface area contributed by atoms with Crippen LogP contribution < -0.4 is 10.9 Å². The second-order valence-electron chi connectivity index (χ2n) is 6.13. The summed E-state index contributed by atoms with van der Waals surface area (Å²) in [7, 11) is 0. The molecule has 1 N–H and O–H groups in total. The highest BCUT2D eigenvalue weighted by Crippen LogP contribution is 2.21. The lowest BCUT2D eigenvalue weighted by molar-refractivity contribution is -0.122. The zero-order chi connectivity index (χ0) is 18.5. The van der Waals surface area contributed by atoms with E-state index in [1.54, 1.807) is 30.5 Å². The van der Waals surface area contributed by atoms with Crippen molar-refractivity contribution >= 4 is 17.2 Å². The van der Waals surface area contributed by atoms with Crippen molar-refractivity contribution in [1.29, 1.82) is 0 Å². The first-order valence-electron chi connectivity index (χ1n) is 8.29. The average Bonchev–Trinajstić information content (AvgIpc) is 3.11. The highest BCUT2D eigenvalue weighted by atomic mass is 32.1. The molecule has 0 saturated carbocycles. The molecule has 0 fully saturated rings. The molecule has 0 radical (unpaired) electrons. The van der Waals surface area contributed by atoms with E-state index in [0.29, 0.717) is 12.1 Å². The summed E-state index contributed by atoms with van der Waals surface area (Å²) in [6, 6.07) is 8.67. The molecule has 3 aromatic rings. The number of carbonyl (C=O) groups excluding carboxylic acids is 1. The van der Waals surface area contributed by atoms with Crippen molar-refractivity contribution < 1.29 is 4.79 Å². The van der Waals surface area contributed by atoms with Gasteiger partial charge in [-0.05, 0) is 60.4 Å². The second-order valence-corrected chi connectivity index (χ2v) is 6.91. The largest absolute Gasteiger partial charge is 0.346 e. The number of hydrogen-bond donors (Lipinski definition) is 1. The molecule has 0 spiro atoms. The summed E-state index contributed by atoms with van der Waals surface area (Å²) in [6.45, 7) is 3.64. The van der Waals surface area contributed by atoms with Crippen LogP contribution in [0.3, 0.4) is 0 Å². The van der Waals surface area contributed by atoms with Crippen molar-refractivity contribution in [3.8, 4) is 0 Å². The first-order valence-corrected chi connectivity index (χ1v) is 9.24. The number of hydrogen-bond acceptors (Lipinski definition) is 5. The van der Waals surface area contributed by atoms with E-state index in [9.17, 15) is 9.59 Å². The van der Waals surface area contributed by atoms with Gasteiger partial charge in [-0.15, -0.1) is 0 Å². The Hall–Kier alpha value is -2.80. The molecule has 0 aliphatic carbocycles. The summed E-state index contributed by atoms with van der Waals surface area (Å²) in [5, 5.41) is 11.2. The number of carbonyl (C=O) groups is 1. The van der Waals surface area contributed by atoms with Crippen LogP contribution in [0.4, 0.5) is 0 Å². The quantitative estimate of drug-likeness (QED) is 0.725. The smallest absolute Gasteiger partial charge is 0.267 e. The van der Waals surface area contributed by atoms with Crippen molar-refractivity contribution in [1.82, 2.24) is 20.1 Å². The Morgan fingerprint density at radius 3 is 2.85 bits per heavy atom.